The maximum Gasteiger partial charge on any atom is 0.499 e. The van der Waals surface area contributed by atoms with Crippen LogP contribution in [0.1, 0.15) is 0 Å². The summed E-state index contributed by atoms with van der Waals surface area (Å²) in [4.78, 5) is 32.9. The van der Waals surface area contributed by atoms with Crippen molar-refractivity contribution in [2.75, 3.05) is 0 Å². The van der Waals surface area contributed by atoms with Crippen LogP contribution in [0.4, 0.5) is 0 Å². The molecule has 0 aliphatic carbocycles. The van der Waals surface area contributed by atoms with Crippen molar-refractivity contribution in [1.82, 2.24) is 5.43 Å². The summed E-state index contributed by atoms with van der Waals surface area (Å²) in [6.45, 7) is 0. The van der Waals surface area contributed by atoms with Gasteiger partial charge in [-0.2, -0.15) is 0 Å². The molecule has 0 spiro atoms. The number of hydrogen-bond acceptors (Lipinski definition) is 8. The first-order chi connectivity index (χ1) is 7.31. The van der Waals surface area contributed by atoms with E-state index in [4.69, 9.17) is 11.5 Å². The van der Waals surface area contributed by atoms with Gasteiger partial charge in [0.15, 0.2) is 5.96 Å². The molecule has 86 valence electrons. The molecule has 16 heavy (non-hydrogen) atoms. The largest absolute Gasteiger partial charge is 0.499 e. The van der Waals surface area contributed by atoms with E-state index in [1.807, 2.05) is 0 Å². The summed E-state index contributed by atoms with van der Waals surface area (Å²) in [5.74, 6) is -6.41. The summed E-state index contributed by atoms with van der Waals surface area (Å²) >= 11 is 0. The highest BCUT2D eigenvalue weighted by atomic mass is 16.6. The van der Waals surface area contributed by atoms with Gasteiger partial charge < -0.3 is 21.6 Å². The molecule has 0 radical (unpaired) electrons. The molecule has 1 heterocycles. The van der Waals surface area contributed by atoms with Crippen LogP contribution in [-0.4, -0.2) is 33.2 Å². The van der Waals surface area contributed by atoms with Crippen LogP contribution in [0.5, 0.6) is 0 Å². The van der Waals surface area contributed by atoms with Crippen molar-refractivity contribution in [3.05, 3.63) is 20.2 Å². The van der Waals surface area contributed by atoms with Crippen LogP contribution in [-0.2, 0) is 4.79 Å². The Morgan fingerprint density at radius 3 is 2.31 bits per heavy atom. The number of guanidine groups is 1. The fourth-order valence-electron chi connectivity index (χ4n) is 0.939. The molecule has 5 N–H and O–H groups in total. The van der Waals surface area contributed by atoms with E-state index in [9.17, 15) is 25.0 Å². The van der Waals surface area contributed by atoms with Gasteiger partial charge in [-0.1, -0.05) is 0 Å². The molecule has 1 rings (SSSR count). The van der Waals surface area contributed by atoms with E-state index in [-0.39, 0.29) is 0 Å². The van der Waals surface area contributed by atoms with Gasteiger partial charge in [0, 0.05) is 0 Å². The fraction of sp³-hybridized carbons (Fsp3) is 0.250. The Labute approximate surface area is 86.3 Å². The maximum absolute atomic E-state index is 11.4. The van der Waals surface area contributed by atoms with E-state index in [0.717, 1.165) is 0 Å². The van der Waals surface area contributed by atoms with E-state index >= 15 is 0 Å². The van der Waals surface area contributed by atoms with Crippen LogP contribution in [0.2, 0.25) is 0 Å². The zero-order valence-electron chi connectivity index (χ0n) is 7.48. The van der Waals surface area contributed by atoms with Crippen LogP contribution in [0.15, 0.2) is 10.1 Å². The highest BCUT2D eigenvalue weighted by Crippen LogP contribution is 2.16. The van der Waals surface area contributed by atoms with E-state index in [2.05, 4.69) is 10.1 Å². The van der Waals surface area contributed by atoms with Crippen molar-refractivity contribution in [2.24, 2.45) is 21.6 Å². The summed E-state index contributed by atoms with van der Waals surface area (Å²) in [6.07, 6.45) is 0. The average Bonchev–Trinajstić information content (AvgIpc) is 2.44. The smallest absolute Gasteiger partial charge is 0.370 e. The Bertz CT molecular complexity index is 436. The van der Waals surface area contributed by atoms with Crippen molar-refractivity contribution < 1.29 is 14.6 Å². The third-order valence-electron chi connectivity index (χ3n) is 1.57. The van der Waals surface area contributed by atoms with Crippen molar-refractivity contribution >= 4 is 17.6 Å². The number of aliphatic imine (C=N–C) groups is 1. The Morgan fingerprint density at radius 2 is 2.00 bits per heavy atom. The summed E-state index contributed by atoms with van der Waals surface area (Å²) < 4.78 is 0. The number of nitrogens with one attached hydrogen (secondary N) is 1. The van der Waals surface area contributed by atoms with Crippen molar-refractivity contribution in [3.63, 3.8) is 0 Å². The van der Waals surface area contributed by atoms with Gasteiger partial charge in [0.25, 0.3) is 0 Å². The lowest BCUT2D eigenvalue weighted by Crippen LogP contribution is -2.54. The SMILES string of the molecule is NC(N)=NC1([N+](=O)[O-])NN=C([N+](=O)[O-])C1=O. The van der Waals surface area contributed by atoms with Gasteiger partial charge in [0.1, 0.15) is 0 Å². The molecular weight excluding hydrogens is 226 g/mol. The first-order valence-corrected chi connectivity index (χ1v) is 3.60. The molecule has 0 aromatic heterocycles. The molecule has 0 amide bonds. The molecule has 12 heteroatoms. The lowest BCUT2D eigenvalue weighted by Gasteiger charge is -2.09. The Morgan fingerprint density at radius 1 is 1.44 bits per heavy atom. The summed E-state index contributed by atoms with van der Waals surface area (Å²) in [5.41, 5.74) is 11.4. The first-order valence-electron chi connectivity index (χ1n) is 3.60. The average molecular weight is 231 g/mol. The third kappa shape index (κ3) is 1.47. The Kier molecular flexibility index (Phi) is 2.41. The number of Topliss-reactive ketones (excluding diaryl/α,β-unsaturated/α-hetero) is 1. The second-order valence-electron chi connectivity index (χ2n) is 2.60. The van der Waals surface area contributed by atoms with E-state index in [0.29, 0.717) is 0 Å². The highest BCUT2D eigenvalue weighted by Gasteiger charge is 2.64. The number of carbonyl (C=O) groups excluding carboxylic acids is 1. The van der Waals surface area contributed by atoms with E-state index < -0.39 is 33.2 Å². The highest BCUT2D eigenvalue weighted by molar-refractivity contribution is 6.39. The molecule has 12 nitrogen and oxygen atoms in total. The molecule has 0 aromatic carbocycles. The van der Waals surface area contributed by atoms with E-state index in [1.165, 1.54) is 0 Å². The molecule has 1 atom stereocenters. The van der Waals surface area contributed by atoms with Gasteiger partial charge in [-0.15, -0.1) is 10.4 Å². The van der Waals surface area contributed by atoms with Crippen LogP contribution in [0.25, 0.3) is 0 Å². The number of amidine groups is 1. The molecule has 0 aromatic rings. The topological polar surface area (TPSA) is 192 Å². The molecule has 0 bridgehead atoms. The minimum absolute atomic E-state index is 0.780. The zero-order valence-corrected chi connectivity index (χ0v) is 7.48. The van der Waals surface area contributed by atoms with E-state index in [1.54, 1.807) is 5.43 Å². The van der Waals surface area contributed by atoms with Gasteiger partial charge >= 0.3 is 17.4 Å². The Balaban J connectivity index is 3.22. The van der Waals surface area contributed by atoms with Gasteiger partial charge in [0.2, 0.25) is 0 Å². The second-order valence-corrected chi connectivity index (χ2v) is 2.60. The lowest BCUT2D eigenvalue weighted by atomic mass is 10.2. The van der Waals surface area contributed by atoms with Crippen molar-refractivity contribution in [3.8, 4) is 0 Å². The zero-order chi connectivity index (χ0) is 12.5. The van der Waals surface area contributed by atoms with Crippen LogP contribution < -0.4 is 16.9 Å². The minimum Gasteiger partial charge on any atom is -0.370 e. The quantitative estimate of drug-likeness (QED) is 0.193. The van der Waals surface area contributed by atoms with Gasteiger partial charge in [-0.3, -0.25) is 14.9 Å². The van der Waals surface area contributed by atoms with Crippen LogP contribution in [0.3, 0.4) is 0 Å². The number of carbonyl (C=O) groups is 1. The molecule has 0 saturated heterocycles. The molecular formula is C4H5N7O5. The predicted molar refractivity (Wildman–Crippen MR) is 48.1 cm³/mol. The molecule has 0 saturated carbocycles. The molecule has 1 aliphatic rings. The summed E-state index contributed by atoms with van der Waals surface area (Å²) in [6, 6.07) is 0. The van der Waals surface area contributed by atoms with Crippen molar-refractivity contribution in [2.45, 2.75) is 5.79 Å². The summed E-state index contributed by atoms with van der Waals surface area (Å²) in [7, 11) is 0. The third-order valence-corrected chi connectivity index (χ3v) is 1.57. The summed E-state index contributed by atoms with van der Waals surface area (Å²) in [5, 5.41) is 23.8. The number of rotatable bonds is 2. The fourth-order valence-corrected chi connectivity index (χ4v) is 0.939. The number of ketones is 1. The Hall–Kier alpha value is -2.79. The van der Waals surface area contributed by atoms with Gasteiger partial charge in [-0.25, -0.2) is 0 Å². The predicted octanol–water partition coefficient (Wildman–Crippen LogP) is -3.05. The van der Waals surface area contributed by atoms with Crippen LogP contribution in [0, 0.1) is 20.2 Å². The monoisotopic (exact) mass is 231 g/mol. The normalized spacial score (nSPS) is 23.2. The number of nitrogens with zero attached hydrogens (tertiary/aromatic N) is 4. The number of hydrogen-bond donors (Lipinski definition) is 3. The van der Waals surface area contributed by atoms with Crippen molar-refractivity contribution in [1.29, 1.82) is 0 Å². The maximum atomic E-state index is 11.4. The van der Waals surface area contributed by atoms with Crippen LogP contribution >= 0.6 is 0 Å². The standard InChI is InChI=1S/C4H5N7O5/c5-3(6)7-4(11(15)16)1(12)2(8-9-4)10(13)14/h9H,(H4,5,6,7). The second kappa shape index (κ2) is 3.41. The molecule has 0 fully saturated rings. The minimum atomic E-state index is -2.85. The van der Waals surface area contributed by atoms with Gasteiger partial charge in [0.05, 0.1) is 10.0 Å². The molecule has 1 aliphatic heterocycles. The molecule has 1 unspecified atom stereocenters. The first kappa shape index (κ1) is 11.3. The number of hydrazone groups is 1. The number of nitro groups is 2. The number of nitrogens with two attached hydrogens (primary N) is 2. The lowest BCUT2D eigenvalue weighted by molar-refractivity contribution is -0.555. The van der Waals surface area contributed by atoms with Gasteiger partial charge in [-0.05, 0) is 4.92 Å².